The molecule has 41 heavy (non-hydrogen) atoms. The van der Waals surface area contributed by atoms with Crippen molar-refractivity contribution in [3.8, 4) is 0 Å². The molecule has 5 N–H and O–H groups in total. The lowest BCUT2D eigenvalue weighted by atomic mass is 9.84. The minimum atomic E-state index is -3.85. The summed E-state index contributed by atoms with van der Waals surface area (Å²) < 4.78 is 29.7. The number of amides is 2. The molecule has 3 aliphatic rings. The Morgan fingerprint density at radius 3 is 2.44 bits per heavy atom. The Morgan fingerprint density at radius 2 is 1.78 bits per heavy atom. The van der Waals surface area contributed by atoms with Gasteiger partial charge in [0.15, 0.2) is 5.54 Å². The Labute approximate surface area is 249 Å². The number of carbonyl (C=O) groups excluding carboxylic acids is 2. The van der Waals surface area contributed by atoms with Crippen LogP contribution in [0.5, 0.6) is 0 Å². The quantitative estimate of drug-likeness (QED) is 0.352. The summed E-state index contributed by atoms with van der Waals surface area (Å²) in [5, 5.41) is 0. The molecule has 9 nitrogen and oxygen atoms in total. The van der Waals surface area contributed by atoms with E-state index in [1.807, 2.05) is 19.1 Å². The third kappa shape index (κ3) is 6.30. The van der Waals surface area contributed by atoms with Crippen molar-refractivity contribution in [2.75, 3.05) is 12.3 Å². The minimum absolute atomic E-state index is 0. The van der Waals surface area contributed by atoms with E-state index in [1.54, 1.807) is 30.3 Å². The Morgan fingerprint density at radius 1 is 1.07 bits per heavy atom. The molecular formula is C30H43ClN5O4S+. The third-order valence-corrected chi connectivity index (χ3v) is 10.9. The van der Waals surface area contributed by atoms with Crippen LogP contribution in [0, 0.1) is 18.8 Å². The van der Waals surface area contributed by atoms with Crippen molar-refractivity contribution >= 4 is 40.1 Å². The van der Waals surface area contributed by atoms with E-state index in [4.69, 9.17) is 11.5 Å². The van der Waals surface area contributed by atoms with E-state index in [0.29, 0.717) is 36.5 Å². The highest BCUT2D eigenvalue weighted by molar-refractivity contribution is 7.88. The highest BCUT2D eigenvalue weighted by atomic mass is 35.5. The summed E-state index contributed by atoms with van der Waals surface area (Å²) in [6.07, 6.45) is 7.81. The van der Waals surface area contributed by atoms with Crippen LogP contribution in [0.15, 0.2) is 42.5 Å². The lowest BCUT2D eigenvalue weighted by molar-refractivity contribution is -0.900. The molecule has 5 rings (SSSR count). The Balaban J connectivity index is 0.00000387. The molecule has 3 fully saturated rings. The van der Waals surface area contributed by atoms with Crippen LogP contribution >= 0.6 is 12.4 Å². The highest BCUT2D eigenvalue weighted by Crippen LogP contribution is 2.59. The maximum Gasteiger partial charge on any atom is 0.332 e. The molecule has 1 aliphatic heterocycles. The number of nitrogens with one attached hydrogen (secondary N) is 1. The first-order valence-electron chi connectivity index (χ1n) is 14.5. The zero-order chi connectivity index (χ0) is 28.5. The molecule has 4 atom stereocenters. The van der Waals surface area contributed by atoms with Crippen LogP contribution in [-0.4, -0.2) is 47.8 Å². The minimum Gasteiger partial charge on any atom is -0.384 e. The number of hydrogen-bond acceptors (Lipinski definition) is 6. The van der Waals surface area contributed by atoms with Crippen molar-refractivity contribution in [3.63, 3.8) is 0 Å². The molecule has 2 heterocycles. The van der Waals surface area contributed by atoms with E-state index in [0.717, 1.165) is 50.5 Å². The predicted molar refractivity (Wildman–Crippen MR) is 161 cm³/mol. The lowest BCUT2D eigenvalue weighted by Gasteiger charge is -2.46. The fourth-order valence-electron chi connectivity index (χ4n) is 7.48. The number of nitrogens with two attached hydrogens (primary N) is 2. The molecular weight excluding hydrogens is 562 g/mol. The molecule has 2 amide bonds. The SMILES string of the molecule is Cc1nc(N)ccc1C[N+]1(C(=O)[C@@H](CC2CCCCC2)NS(=O)(=O)Cc2ccccc2)CCC[C@@H]2C[C@@]21C(N)=O.Cl. The van der Waals surface area contributed by atoms with Crippen LogP contribution in [0.25, 0.3) is 0 Å². The van der Waals surface area contributed by atoms with Gasteiger partial charge in [-0.15, -0.1) is 12.4 Å². The molecule has 0 radical (unpaired) electrons. The van der Waals surface area contributed by atoms with E-state index in [9.17, 15) is 18.0 Å². The van der Waals surface area contributed by atoms with Crippen molar-refractivity contribution in [1.29, 1.82) is 0 Å². The van der Waals surface area contributed by atoms with Crippen molar-refractivity contribution in [2.24, 2.45) is 17.6 Å². The first-order chi connectivity index (χ1) is 19.1. The molecule has 1 aromatic carbocycles. The largest absolute Gasteiger partial charge is 0.384 e. The zero-order valence-corrected chi connectivity index (χ0v) is 25.4. The summed E-state index contributed by atoms with van der Waals surface area (Å²) in [5.41, 5.74) is 13.2. The van der Waals surface area contributed by atoms with Gasteiger partial charge in [-0.1, -0.05) is 62.4 Å². The number of halogens is 1. The number of anilines is 1. The topological polar surface area (TPSA) is 145 Å². The van der Waals surface area contributed by atoms with Crippen LogP contribution in [0.1, 0.15) is 74.6 Å². The summed E-state index contributed by atoms with van der Waals surface area (Å²) in [5.74, 6) is -0.301. The van der Waals surface area contributed by atoms with Crippen molar-refractivity contribution in [3.05, 3.63) is 59.3 Å². The van der Waals surface area contributed by atoms with Crippen molar-refractivity contribution < 1.29 is 22.5 Å². The van der Waals surface area contributed by atoms with E-state index in [2.05, 4.69) is 9.71 Å². The van der Waals surface area contributed by atoms with Gasteiger partial charge in [0.25, 0.3) is 5.91 Å². The second-order valence-electron chi connectivity index (χ2n) is 12.2. The first-order valence-corrected chi connectivity index (χ1v) is 16.2. The molecule has 1 saturated heterocycles. The van der Waals surface area contributed by atoms with Gasteiger partial charge >= 0.3 is 5.91 Å². The van der Waals surface area contributed by atoms with Gasteiger partial charge in [-0.05, 0) is 49.8 Å². The molecule has 11 heteroatoms. The Hall–Kier alpha value is -2.53. The third-order valence-electron chi connectivity index (χ3n) is 9.55. The zero-order valence-electron chi connectivity index (χ0n) is 23.8. The number of nitrogen functional groups attached to an aromatic ring is 1. The molecule has 1 unspecified atom stereocenters. The highest BCUT2D eigenvalue weighted by Gasteiger charge is 2.76. The number of fused-ring (bicyclic) bond motifs is 1. The summed E-state index contributed by atoms with van der Waals surface area (Å²) in [6.45, 7) is 2.52. The Kier molecular flexibility index (Phi) is 9.48. The lowest BCUT2D eigenvalue weighted by Crippen LogP contribution is -2.71. The van der Waals surface area contributed by atoms with Gasteiger partial charge in [-0.25, -0.2) is 22.7 Å². The molecule has 1 aromatic heterocycles. The number of benzene rings is 1. The van der Waals surface area contributed by atoms with Crippen LogP contribution < -0.4 is 16.2 Å². The normalized spacial score (nSPS) is 26.8. The number of aryl methyl sites for hydroxylation is 1. The average molecular weight is 605 g/mol. The van der Waals surface area contributed by atoms with E-state index < -0.39 is 27.5 Å². The number of rotatable bonds is 10. The number of nitrogens with zero attached hydrogens (tertiary/aromatic N) is 2. The monoisotopic (exact) mass is 604 g/mol. The van der Waals surface area contributed by atoms with Gasteiger partial charge in [0, 0.05) is 23.6 Å². The van der Waals surface area contributed by atoms with E-state index in [1.165, 1.54) is 0 Å². The van der Waals surface area contributed by atoms with Gasteiger partial charge in [-0.3, -0.25) is 4.79 Å². The standard InChI is InChI=1S/C30H41N5O4S.ClH/c1-21-24(14-15-27(31)33-21)19-35(16-8-13-25-18-30(25,35)29(32)37)28(36)26(17-22-9-4-2-5-10-22)34-40(38,39)20-23-11-6-3-7-12-23;/h3,6-7,11-12,14-15,22,25-26,34H,2,4-5,8-10,13,16-20H2,1H3,(H3-,31,32,33,37);1H/p+1/t25-,26-,30+,35?;/m1./s1. The number of hydrogen-bond donors (Lipinski definition) is 3. The molecule has 2 aliphatic carbocycles. The molecule has 2 saturated carbocycles. The van der Waals surface area contributed by atoms with Crippen molar-refractivity contribution in [1.82, 2.24) is 9.71 Å². The van der Waals surface area contributed by atoms with Gasteiger partial charge < -0.3 is 11.5 Å². The maximum absolute atomic E-state index is 14.9. The van der Waals surface area contributed by atoms with Crippen LogP contribution in [0.4, 0.5) is 5.82 Å². The number of primary amides is 1. The van der Waals surface area contributed by atoms with Crippen LogP contribution in [0.3, 0.4) is 0 Å². The van der Waals surface area contributed by atoms with Crippen LogP contribution in [0.2, 0.25) is 0 Å². The predicted octanol–water partition coefficient (Wildman–Crippen LogP) is 3.73. The van der Waals surface area contributed by atoms with E-state index >= 15 is 0 Å². The number of carbonyl (C=O) groups is 2. The fraction of sp³-hybridized carbons (Fsp3) is 0.567. The summed E-state index contributed by atoms with van der Waals surface area (Å²) >= 11 is 0. The summed E-state index contributed by atoms with van der Waals surface area (Å²) in [6, 6.07) is 11.6. The van der Waals surface area contributed by atoms with Gasteiger partial charge in [-0.2, -0.15) is 4.72 Å². The van der Waals surface area contributed by atoms with Gasteiger partial charge in [0.1, 0.15) is 18.4 Å². The van der Waals surface area contributed by atoms with Crippen LogP contribution in [-0.2, 0) is 31.9 Å². The molecule has 2 aromatic rings. The number of pyridine rings is 1. The molecule has 0 bridgehead atoms. The number of quaternary nitrogens is 1. The summed E-state index contributed by atoms with van der Waals surface area (Å²) in [4.78, 5) is 32.5. The Bertz CT molecular complexity index is 1370. The first kappa shape index (κ1) is 31.4. The molecule has 224 valence electrons. The summed E-state index contributed by atoms with van der Waals surface area (Å²) in [7, 11) is -3.85. The number of sulfonamides is 1. The van der Waals surface area contributed by atoms with Crippen molar-refractivity contribution in [2.45, 2.75) is 88.6 Å². The fourth-order valence-corrected chi connectivity index (χ4v) is 8.82. The second kappa shape index (κ2) is 12.4. The van der Waals surface area contributed by atoms with Gasteiger partial charge in [0.05, 0.1) is 12.3 Å². The molecule has 0 spiro atoms. The van der Waals surface area contributed by atoms with Gasteiger partial charge in [0.2, 0.25) is 10.0 Å². The number of piperidine rings is 1. The smallest absolute Gasteiger partial charge is 0.332 e. The average Bonchev–Trinajstić information content (AvgIpc) is 3.68. The number of likely N-dealkylation sites (tertiary alicyclic amines) is 1. The maximum atomic E-state index is 14.9. The number of aromatic nitrogens is 1. The van der Waals surface area contributed by atoms with E-state index in [-0.39, 0.29) is 46.9 Å². The second-order valence-corrected chi connectivity index (χ2v) is 13.9.